The minimum Gasteiger partial charge on any atom is -0.497 e. The third-order valence-corrected chi connectivity index (χ3v) is 5.53. The standard InChI is InChI=1S/C23H23ClN6O3/c1-31-15-6-7-19(16(24)12-15)33-22-13-21(30-8-10-32-11-9-30)28-23(29-22)25-14-20-26-17-4-2-3-5-18(17)27-20/h2-7,12-13H,8-11,14H2,1H3,(H,26,27)(H,25,28,29). The van der Waals surface area contributed by atoms with Crippen molar-refractivity contribution >= 4 is 34.4 Å². The molecule has 3 heterocycles. The van der Waals surface area contributed by atoms with Gasteiger partial charge in [0, 0.05) is 25.2 Å². The molecule has 0 saturated carbocycles. The largest absolute Gasteiger partial charge is 0.497 e. The van der Waals surface area contributed by atoms with Crippen molar-refractivity contribution in [1.82, 2.24) is 19.9 Å². The molecule has 0 radical (unpaired) electrons. The molecule has 1 saturated heterocycles. The monoisotopic (exact) mass is 466 g/mol. The van der Waals surface area contributed by atoms with Gasteiger partial charge < -0.3 is 29.4 Å². The summed E-state index contributed by atoms with van der Waals surface area (Å²) in [5, 5.41) is 3.68. The van der Waals surface area contributed by atoms with Crippen molar-refractivity contribution in [1.29, 1.82) is 0 Å². The van der Waals surface area contributed by atoms with Crippen molar-refractivity contribution in [3.63, 3.8) is 0 Å². The summed E-state index contributed by atoms with van der Waals surface area (Å²) < 4.78 is 16.7. The van der Waals surface area contributed by atoms with Gasteiger partial charge in [0.1, 0.15) is 23.1 Å². The number of morpholine rings is 1. The summed E-state index contributed by atoms with van der Waals surface area (Å²) in [5.74, 6) is 3.48. The number of imidazole rings is 1. The first-order valence-electron chi connectivity index (χ1n) is 10.6. The van der Waals surface area contributed by atoms with E-state index in [2.05, 4.69) is 25.2 Å². The Labute approximate surface area is 195 Å². The lowest BCUT2D eigenvalue weighted by atomic mass is 10.3. The van der Waals surface area contributed by atoms with Crippen LogP contribution in [0.2, 0.25) is 5.02 Å². The van der Waals surface area contributed by atoms with Gasteiger partial charge in [-0.15, -0.1) is 0 Å². The zero-order valence-corrected chi connectivity index (χ0v) is 18.8. The van der Waals surface area contributed by atoms with E-state index in [1.807, 2.05) is 24.3 Å². The van der Waals surface area contributed by atoms with E-state index in [4.69, 9.17) is 30.8 Å². The summed E-state index contributed by atoms with van der Waals surface area (Å²) in [4.78, 5) is 19.3. The van der Waals surface area contributed by atoms with E-state index in [0.717, 1.165) is 35.8 Å². The van der Waals surface area contributed by atoms with E-state index in [1.54, 1.807) is 31.4 Å². The van der Waals surface area contributed by atoms with E-state index in [1.165, 1.54) is 0 Å². The van der Waals surface area contributed by atoms with Crippen LogP contribution in [0.15, 0.2) is 48.5 Å². The molecular weight excluding hydrogens is 444 g/mol. The smallest absolute Gasteiger partial charge is 0.228 e. The van der Waals surface area contributed by atoms with Gasteiger partial charge in [0.25, 0.3) is 0 Å². The lowest BCUT2D eigenvalue weighted by Crippen LogP contribution is -2.36. The van der Waals surface area contributed by atoms with Crippen molar-refractivity contribution < 1.29 is 14.2 Å². The number of rotatable bonds is 7. The molecule has 1 aliphatic rings. The molecule has 0 atom stereocenters. The number of H-pyrrole nitrogens is 1. The number of benzene rings is 2. The van der Waals surface area contributed by atoms with Gasteiger partial charge in [0.2, 0.25) is 11.8 Å². The highest BCUT2D eigenvalue weighted by molar-refractivity contribution is 6.32. The predicted molar refractivity (Wildman–Crippen MR) is 127 cm³/mol. The van der Waals surface area contributed by atoms with Gasteiger partial charge in [-0.05, 0) is 24.3 Å². The number of anilines is 2. The molecular formula is C23H23ClN6O3. The summed E-state index contributed by atoms with van der Waals surface area (Å²) in [7, 11) is 1.59. The lowest BCUT2D eigenvalue weighted by molar-refractivity contribution is 0.122. The number of aromatic nitrogens is 4. The van der Waals surface area contributed by atoms with Crippen LogP contribution in [0.5, 0.6) is 17.4 Å². The fourth-order valence-electron chi connectivity index (χ4n) is 3.55. The average molecular weight is 467 g/mol. The minimum absolute atomic E-state index is 0.380. The Morgan fingerprint density at radius 2 is 1.94 bits per heavy atom. The minimum atomic E-state index is 0.380. The Morgan fingerprint density at radius 3 is 2.73 bits per heavy atom. The number of ether oxygens (including phenoxy) is 3. The normalized spacial score (nSPS) is 13.8. The molecule has 1 fully saturated rings. The molecule has 5 rings (SSSR count). The van der Waals surface area contributed by atoms with Gasteiger partial charge in [-0.2, -0.15) is 9.97 Å². The van der Waals surface area contributed by atoms with E-state index < -0.39 is 0 Å². The lowest BCUT2D eigenvalue weighted by Gasteiger charge is -2.28. The number of nitrogens with one attached hydrogen (secondary N) is 2. The summed E-state index contributed by atoms with van der Waals surface area (Å²) >= 11 is 6.36. The molecule has 33 heavy (non-hydrogen) atoms. The number of hydrogen-bond acceptors (Lipinski definition) is 8. The van der Waals surface area contributed by atoms with E-state index in [9.17, 15) is 0 Å². The van der Waals surface area contributed by atoms with Crippen molar-refractivity contribution in [2.75, 3.05) is 43.6 Å². The SMILES string of the molecule is COc1ccc(Oc2cc(N3CCOCC3)nc(NCc3nc4ccccc4[nH]3)n2)c(Cl)c1. The zero-order valence-electron chi connectivity index (χ0n) is 18.0. The summed E-state index contributed by atoms with van der Waals surface area (Å²) in [6.07, 6.45) is 0. The Balaban J connectivity index is 1.40. The quantitative estimate of drug-likeness (QED) is 0.417. The van der Waals surface area contributed by atoms with Gasteiger partial charge in [-0.3, -0.25) is 0 Å². The molecule has 0 bridgehead atoms. The summed E-state index contributed by atoms with van der Waals surface area (Å²) in [6.45, 7) is 3.20. The summed E-state index contributed by atoms with van der Waals surface area (Å²) in [5.41, 5.74) is 1.89. The molecule has 0 spiro atoms. The molecule has 2 aromatic heterocycles. The third kappa shape index (κ3) is 4.94. The molecule has 10 heteroatoms. The second-order valence-corrected chi connectivity index (χ2v) is 7.85. The highest BCUT2D eigenvalue weighted by atomic mass is 35.5. The van der Waals surface area contributed by atoms with Crippen molar-refractivity contribution in [2.24, 2.45) is 0 Å². The highest BCUT2D eigenvalue weighted by Gasteiger charge is 2.17. The molecule has 9 nitrogen and oxygen atoms in total. The Hall–Kier alpha value is -3.56. The molecule has 1 aliphatic heterocycles. The predicted octanol–water partition coefficient (Wildman–Crippen LogP) is 4.26. The fourth-order valence-corrected chi connectivity index (χ4v) is 3.76. The molecule has 4 aromatic rings. The van der Waals surface area contributed by atoms with Gasteiger partial charge >= 0.3 is 0 Å². The van der Waals surface area contributed by atoms with Crippen LogP contribution in [0.4, 0.5) is 11.8 Å². The number of nitrogens with zero attached hydrogens (tertiary/aromatic N) is 4. The molecule has 2 aromatic carbocycles. The highest BCUT2D eigenvalue weighted by Crippen LogP contribution is 2.33. The van der Waals surface area contributed by atoms with Gasteiger partial charge in [-0.1, -0.05) is 23.7 Å². The van der Waals surface area contributed by atoms with Crippen molar-refractivity contribution in [3.05, 3.63) is 59.4 Å². The topological polar surface area (TPSA) is 97.4 Å². The molecule has 0 aliphatic carbocycles. The third-order valence-electron chi connectivity index (χ3n) is 5.23. The Morgan fingerprint density at radius 1 is 1.09 bits per heavy atom. The fraction of sp³-hybridized carbons (Fsp3) is 0.261. The first-order chi connectivity index (χ1) is 16.2. The number of aromatic amines is 1. The van der Waals surface area contributed by atoms with E-state index in [0.29, 0.717) is 48.1 Å². The van der Waals surface area contributed by atoms with Crippen LogP contribution in [-0.4, -0.2) is 53.3 Å². The number of fused-ring (bicyclic) bond motifs is 1. The Kier molecular flexibility index (Phi) is 6.14. The van der Waals surface area contributed by atoms with Crippen LogP contribution < -0.4 is 19.7 Å². The van der Waals surface area contributed by atoms with Crippen LogP contribution in [0.25, 0.3) is 11.0 Å². The Bertz CT molecular complexity index is 1230. The molecule has 2 N–H and O–H groups in total. The molecule has 170 valence electrons. The van der Waals surface area contributed by atoms with Crippen LogP contribution in [-0.2, 0) is 11.3 Å². The van der Waals surface area contributed by atoms with Gasteiger partial charge in [0.15, 0.2) is 0 Å². The van der Waals surface area contributed by atoms with E-state index >= 15 is 0 Å². The maximum atomic E-state index is 6.36. The van der Waals surface area contributed by atoms with E-state index in [-0.39, 0.29) is 0 Å². The van der Waals surface area contributed by atoms with Crippen LogP contribution in [0.3, 0.4) is 0 Å². The second-order valence-electron chi connectivity index (χ2n) is 7.44. The van der Waals surface area contributed by atoms with Crippen LogP contribution >= 0.6 is 11.6 Å². The molecule has 0 unspecified atom stereocenters. The first-order valence-corrected chi connectivity index (χ1v) is 11.0. The summed E-state index contributed by atoms with van der Waals surface area (Å²) in [6, 6.07) is 14.9. The number of halogens is 1. The maximum absolute atomic E-state index is 6.36. The van der Waals surface area contributed by atoms with Crippen LogP contribution in [0.1, 0.15) is 5.82 Å². The number of methoxy groups -OCH3 is 1. The van der Waals surface area contributed by atoms with Crippen molar-refractivity contribution in [3.8, 4) is 17.4 Å². The average Bonchev–Trinajstić information content (AvgIpc) is 3.27. The maximum Gasteiger partial charge on any atom is 0.228 e. The zero-order chi connectivity index (χ0) is 22.6. The van der Waals surface area contributed by atoms with Crippen molar-refractivity contribution in [2.45, 2.75) is 6.54 Å². The molecule has 0 amide bonds. The first kappa shape index (κ1) is 21.3. The second kappa shape index (κ2) is 9.51. The van der Waals surface area contributed by atoms with Gasteiger partial charge in [0.05, 0.1) is 42.9 Å². The van der Waals surface area contributed by atoms with Gasteiger partial charge in [-0.25, -0.2) is 4.98 Å². The van der Waals surface area contributed by atoms with Crippen LogP contribution in [0, 0.1) is 0 Å². The number of hydrogen-bond donors (Lipinski definition) is 2. The number of para-hydroxylation sites is 2.